The predicted octanol–water partition coefficient (Wildman–Crippen LogP) is 4.77. The van der Waals surface area contributed by atoms with Gasteiger partial charge in [-0.15, -0.1) is 0 Å². The zero-order valence-electron chi connectivity index (χ0n) is 18.7. The Bertz CT molecular complexity index is 1300. The van der Waals surface area contributed by atoms with Gasteiger partial charge in [-0.25, -0.2) is 17.2 Å². The lowest BCUT2D eigenvalue weighted by Gasteiger charge is -2.24. The van der Waals surface area contributed by atoms with Crippen molar-refractivity contribution in [3.63, 3.8) is 0 Å². The van der Waals surface area contributed by atoms with Crippen LogP contribution in [0.25, 0.3) is 0 Å². The summed E-state index contributed by atoms with van der Waals surface area (Å²) >= 11 is 0. The number of methoxy groups -OCH3 is 1. The van der Waals surface area contributed by atoms with Crippen LogP contribution >= 0.6 is 0 Å². The van der Waals surface area contributed by atoms with Crippen molar-refractivity contribution >= 4 is 27.3 Å². The van der Waals surface area contributed by atoms with Gasteiger partial charge in [-0.3, -0.25) is 9.10 Å². The fourth-order valence-corrected chi connectivity index (χ4v) is 4.64. The summed E-state index contributed by atoms with van der Waals surface area (Å²) in [5.41, 5.74) is 1.18. The molecule has 0 N–H and O–H groups in total. The number of nitrogens with zero attached hydrogens (tertiary/aromatic N) is 2. The minimum absolute atomic E-state index is 0.0915. The summed E-state index contributed by atoms with van der Waals surface area (Å²) in [6, 6.07) is 14.1. The largest absolute Gasteiger partial charge is 0.495 e. The highest BCUT2D eigenvalue weighted by atomic mass is 32.2. The first-order valence-electron chi connectivity index (χ1n) is 10.1. The normalized spacial score (nSPS) is 11.2. The Labute approximate surface area is 192 Å². The van der Waals surface area contributed by atoms with E-state index in [1.165, 1.54) is 43.3 Å². The highest BCUT2D eigenvalue weighted by Crippen LogP contribution is 2.31. The van der Waals surface area contributed by atoms with E-state index in [0.29, 0.717) is 17.0 Å². The van der Waals surface area contributed by atoms with E-state index < -0.39 is 27.6 Å². The summed E-state index contributed by atoms with van der Waals surface area (Å²) in [6.45, 7) is 3.53. The van der Waals surface area contributed by atoms with Crippen LogP contribution in [-0.4, -0.2) is 35.0 Å². The Morgan fingerprint density at radius 1 is 1.00 bits per heavy atom. The first-order chi connectivity index (χ1) is 15.6. The third kappa shape index (κ3) is 4.68. The van der Waals surface area contributed by atoms with Crippen molar-refractivity contribution in [1.82, 2.24) is 0 Å². The van der Waals surface area contributed by atoms with E-state index in [0.717, 1.165) is 16.4 Å². The second-order valence-corrected chi connectivity index (χ2v) is 9.24. The van der Waals surface area contributed by atoms with Crippen molar-refractivity contribution in [2.24, 2.45) is 0 Å². The maximum atomic E-state index is 13.7. The van der Waals surface area contributed by atoms with Crippen LogP contribution in [0.2, 0.25) is 0 Å². The molecular weight excluding hydrogens is 450 g/mol. The molecule has 3 aromatic carbocycles. The molecule has 0 aliphatic rings. The maximum Gasteiger partial charge on any atom is 0.264 e. The van der Waals surface area contributed by atoms with Gasteiger partial charge in [-0.2, -0.15) is 0 Å². The third-order valence-corrected chi connectivity index (χ3v) is 7.07. The quantitative estimate of drug-likeness (QED) is 0.495. The van der Waals surface area contributed by atoms with Gasteiger partial charge in [0.1, 0.15) is 5.75 Å². The number of amides is 1. The summed E-state index contributed by atoms with van der Waals surface area (Å²) in [5, 5.41) is 0. The number of hydrogen-bond acceptors (Lipinski definition) is 4. The Morgan fingerprint density at radius 3 is 2.33 bits per heavy atom. The predicted molar refractivity (Wildman–Crippen MR) is 123 cm³/mol. The first-order valence-corrected chi connectivity index (χ1v) is 11.5. The summed E-state index contributed by atoms with van der Waals surface area (Å²) in [6.07, 6.45) is 0. The molecule has 0 aliphatic carbocycles. The molecule has 3 rings (SSSR count). The standard InChI is InChI=1S/C24H24F2N2O4S/c1-5-28(17-11-13-20(25)21(26)14-17)24(29)19-15-18(12-10-16(19)2)33(30,31)27(3)22-8-6-7-9-23(22)32-4/h6-15H,5H2,1-4H3. The fraction of sp³-hybridized carbons (Fsp3) is 0.208. The minimum Gasteiger partial charge on any atom is -0.495 e. The lowest BCUT2D eigenvalue weighted by Crippen LogP contribution is -2.32. The monoisotopic (exact) mass is 474 g/mol. The van der Waals surface area contributed by atoms with Gasteiger partial charge < -0.3 is 9.64 Å². The molecule has 0 unspecified atom stereocenters. The molecule has 9 heteroatoms. The van der Waals surface area contributed by atoms with E-state index in [1.54, 1.807) is 38.1 Å². The van der Waals surface area contributed by atoms with E-state index in [4.69, 9.17) is 4.74 Å². The Morgan fingerprint density at radius 2 is 1.70 bits per heavy atom. The fourth-order valence-electron chi connectivity index (χ4n) is 3.41. The SMILES string of the molecule is CCN(C(=O)c1cc(S(=O)(=O)N(C)c2ccccc2OC)ccc1C)c1ccc(F)c(F)c1. The maximum absolute atomic E-state index is 13.7. The molecule has 6 nitrogen and oxygen atoms in total. The molecule has 0 radical (unpaired) electrons. The van der Waals surface area contributed by atoms with Crippen LogP contribution in [0.1, 0.15) is 22.8 Å². The van der Waals surface area contributed by atoms with Gasteiger partial charge in [0.25, 0.3) is 15.9 Å². The van der Waals surface area contributed by atoms with E-state index >= 15 is 0 Å². The Kier molecular flexibility index (Phi) is 7.02. The summed E-state index contributed by atoms with van der Waals surface area (Å²) in [7, 11) is -1.19. The third-order valence-electron chi connectivity index (χ3n) is 5.30. The second-order valence-electron chi connectivity index (χ2n) is 7.27. The van der Waals surface area contributed by atoms with Gasteiger partial charge in [0.05, 0.1) is 17.7 Å². The number of benzene rings is 3. The van der Waals surface area contributed by atoms with Crippen LogP contribution in [0.3, 0.4) is 0 Å². The molecule has 0 aliphatic heterocycles. The molecule has 0 fully saturated rings. The summed E-state index contributed by atoms with van der Waals surface area (Å²) < 4.78 is 60.1. The Hall–Kier alpha value is -3.46. The van der Waals surface area contributed by atoms with Gasteiger partial charge in [-0.05, 0) is 55.8 Å². The van der Waals surface area contributed by atoms with Crippen molar-refractivity contribution in [1.29, 1.82) is 0 Å². The molecule has 0 aromatic heterocycles. The van der Waals surface area contributed by atoms with Crippen LogP contribution in [0, 0.1) is 18.6 Å². The van der Waals surface area contributed by atoms with E-state index in [9.17, 15) is 22.0 Å². The van der Waals surface area contributed by atoms with Crippen molar-refractivity contribution < 1.29 is 26.7 Å². The van der Waals surface area contributed by atoms with Gasteiger partial charge in [0.2, 0.25) is 0 Å². The summed E-state index contributed by atoms with van der Waals surface area (Å²) in [4.78, 5) is 14.5. The number of anilines is 2. The van der Waals surface area contributed by atoms with Crippen LogP contribution < -0.4 is 13.9 Å². The Balaban J connectivity index is 2.03. The molecule has 0 spiro atoms. The highest BCUT2D eigenvalue weighted by Gasteiger charge is 2.27. The van der Waals surface area contributed by atoms with Gasteiger partial charge >= 0.3 is 0 Å². The highest BCUT2D eigenvalue weighted by molar-refractivity contribution is 7.92. The zero-order valence-corrected chi connectivity index (χ0v) is 19.5. The number of carbonyl (C=O) groups excluding carboxylic acids is 1. The van der Waals surface area contributed by atoms with E-state index in [-0.39, 0.29) is 22.7 Å². The molecule has 174 valence electrons. The van der Waals surface area contributed by atoms with Gasteiger partial charge in [0, 0.05) is 30.9 Å². The number of para-hydroxylation sites is 2. The molecule has 3 aromatic rings. The number of ether oxygens (including phenoxy) is 1. The molecule has 0 saturated heterocycles. The minimum atomic E-state index is -4.03. The molecule has 1 amide bonds. The molecule has 0 heterocycles. The van der Waals surface area contributed by atoms with Crippen LogP contribution in [-0.2, 0) is 10.0 Å². The number of rotatable bonds is 7. The average molecular weight is 475 g/mol. The molecular formula is C24H24F2N2O4S. The van der Waals surface area contributed by atoms with E-state index in [1.807, 2.05) is 0 Å². The number of halogens is 2. The number of carbonyl (C=O) groups is 1. The van der Waals surface area contributed by atoms with Crippen molar-refractivity contribution in [3.8, 4) is 5.75 Å². The molecule has 0 bridgehead atoms. The van der Waals surface area contributed by atoms with Crippen LogP contribution in [0.5, 0.6) is 5.75 Å². The molecule has 0 atom stereocenters. The zero-order chi connectivity index (χ0) is 24.3. The number of aryl methyl sites for hydroxylation is 1. The number of sulfonamides is 1. The van der Waals surface area contributed by atoms with Crippen LogP contribution in [0.4, 0.5) is 20.2 Å². The van der Waals surface area contributed by atoms with E-state index in [2.05, 4.69) is 0 Å². The van der Waals surface area contributed by atoms with Crippen molar-refractivity contribution in [2.75, 3.05) is 29.9 Å². The van der Waals surface area contributed by atoms with Gasteiger partial charge in [0.15, 0.2) is 11.6 Å². The molecule has 0 saturated carbocycles. The lowest BCUT2D eigenvalue weighted by molar-refractivity contribution is 0.0987. The van der Waals surface area contributed by atoms with Crippen molar-refractivity contribution in [3.05, 3.63) is 83.4 Å². The first kappa shape index (κ1) is 24.2. The van der Waals surface area contributed by atoms with Crippen LogP contribution in [0.15, 0.2) is 65.6 Å². The summed E-state index contributed by atoms with van der Waals surface area (Å²) in [5.74, 6) is -2.25. The lowest BCUT2D eigenvalue weighted by atomic mass is 10.1. The topological polar surface area (TPSA) is 66.9 Å². The average Bonchev–Trinajstić information content (AvgIpc) is 2.81. The number of hydrogen-bond donors (Lipinski definition) is 0. The smallest absolute Gasteiger partial charge is 0.264 e. The second kappa shape index (κ2) is 9.58. The van der Waals surface area contributed by atoms with Crippen molar-refractivity contribution in [2.45, 2.75) is 18.7 Å². The molecule has 33 heavy (non-hydrogen) atoms. The van der Waals surface area contributed by atoms with Gasteiger partial charge in [-0.1, -0.05) is 18.2 Å².